The summed E-state index contributed by atoms with van der Waals surface area (Å²) in [4.78, 5) is 11.1. The molecule has 0 radical (unpaired) electrons. The van der Waals surface area contributed by atoms with E-state index in [4.69, 9.17) is 4.74 Å². The largest absolute Gasteiger partial charge is 0.494 e. The molecule has 19 heavy (non-hydrogen) atoms. The minimum absolute atomic E-state index is 0.0282. The van der Waals surface area contributed by atoms with Gasteiger partial charge in [-0.2, -0.15) is 0 Å². The molecule has 1 heterocycles. The Bertz CT molecular complexity index is 455. The summed E-state index contributed by atoms with van der Waals surface area (Å²) in [6, 6.07) is 5.22. The lowest BCUT2D eigenvalue weighted by molar-refractivity contribution is -0.122. The third-order valence-corrected chi connectivity index (χ3v) is 3.43. The number of rotatable bonds is 4. The molecule has 2 N–H and O–H groups in total. The van der Waals surface area contributed by atoms with E-state index < -0.39 is 0 Å². The van der Waals surface area contributed by atoms with Crippen LogP contribution in [-0.4, -0.2) is 25.6 Å². The normalized spacial score (nSPS) is 20.8. The fourth-order valence-electron chi connectivity index (χ4n) is 2.28. The van der Waals surface area contributed by atoms with E-state index in [1.807, 2.05) is 13.0 Å². The van der Waals surface area contributed by atoms with Crippen LogP contribution in [0.1, 0.15) is 31.4 Å². The van der Waals surface area contributed by atoms with Gasteiger partial charge in [-0.3, -0.25) is 4.79 Å². The Balaban J connectivity index is 1.97. The van der Waals surface area contributed by atoms with Gasteiger partial charge in [0, 0.05) is 25.0 Å². The molecule has 0 spiro atoms. The Morgan fingerprint density at radius 3 is 2.89 bits per heavy atom. The third kappa shape index (κ3) is 3.44. The Kier molecular flexibility index (Phi) is 4.37. The number of hydrogen-bond acceptors (Lipinski definition) is 3. The summed E-state index contributed by atoms with van der Waals surface area (Å²) in [6.07, 6.45) is 1.36. The van der Waals surface area contributed by atoms with Gasteiger partial charge in [-0.15, -0.1) is 0 Å². The van der Waals surface area contributed by atoms with Gasteiger partial charge in [0.2, 0.25) is 5.91 Å². The van der Waals surface area contributed by atoms with Crippen molar-refractivity contribution in [2.24, 2.45) is 0 Å². The molecule has 0 bridgehead atoms. The number of carbonyl (C=O) groups is 1. The number of methoxy groups -OCH3 is 1. The van der Waals surface area contributed by atoms with Crippen LogP contribution in [0.5, 0.6) is 5.75 Å². The number of halogens is 1. The number of hydrogen-bond donors (Lipinski definition) is 2. The molecule has 1 saturated heterocycles. The number of ether oxygens (including phenoxy) is 1. The molecule has 4 nitrogen and oxygen atoms in total. The molecule has 1 aromatic carbocycles. The second-order valence-electron chi connectivity index (χ2n) is 4.82. The predicted molar refractivity (Wildman–Crippen MR) is 70.5 cm³/mol. The van der Waals surface area contributed by atoms with Crippen molar-refractivity contribution in [2.75, 3.05) is 13.7 Å². The molecule has 104 valence electrons. The topological polar surface area (TPSA) is 50.4 Å². The fourth-order valence-corrected chi connectivity index (χ4v) is 2.28. The van der Waals surface area contributed by atoms with Crippen LogP contribution in [0.25, 0.3) is 0 Å². The monoisotopic (exact) mass is 266 g/mol. The number of nitrogens with one attached hydrogen (secondary N) is 2. The van der Waals surface area contributed by atoms with Crippen LogP contribution in [0, 0.1) is 5.82 Å². The second kappa shape index (κ2) is 6.02. The summed E-state index contributed by atoms with van der Waals surface area (Å²) in [5.41, 5.74) is 0.871. The van der Waals surface area contributed by atoms with Crippen molar-refractivity contribution in [1.29, 1.82) is 0 Å². The van der Waals surface area contributed by atoms with Crippen LogP contribution < -0.4 is 15.4 Å². The number of carbonyl (C=O) groups excluding carboxylic acids is 1. The Morgan fingerprint density at radius 2 is 2.32 bits per heavy atom. The van der Waals surface area contributed by atoms with Crippen molar-refractivity contribution < 1.29 is 13.9 Å². The first-order valence-electron chi connectivity index (χ1n) is 6.46. The molecule has 2 atom stereocenters. The molecule has 1 aliphatic heterocycles. The van der Waals surface area contributed by atoms with Crippen molar-refractivity contribution >= 4 is 5.91 Å². The van der Waals surface area contributed by atoms with Crippen LogP contribution in [0.2, 0.25) is 0 Å². The first-order valence-corrected chi connectivity index (χ1v) is 6.46. The SMILES string of the molecule is COc1ccc(C(C)NC2CCC(=O)NC2)cc1F. The molecule has 0 saturated carbocycles. The van der Waals surface area contributed by atoms with Gasteiger partial charge in [0.05, 0.1) is 7.11 Å². The fraction of sp³-hybridized carbons (Fsp3) is 0.500. The molecule has 2 rings (SSSR count). The summed E-state index contributed by atoms with van der Waals surface area (Å²) in [5, 5.41) is 6.22. The zero-order valence-electron chi connectivity index (χ0n) is 11.2. The molecule has 1 aromatic rings. The highest BCUT2D eigenvalue weighted by Gasteiger charge is 2.20. The van der Waals surface area contributed by atoms with E-state index in [0.717, 1.165) is 12.0 Å². The Morgan fingerprint density at radius 1 is 1.53 bits per heavy atom. The highest BCUT2D eigenvalue weighted by Crippen LogP contribution is 2.22. The van der Waals surface area contributed by atoms with Crippen LogP contribution in [0.3, 0.4) is 0 Å². The van der Waals surface area contributed by atoms with Crippen LogP contribution in [0.15, 0.2) is 18.2 Å². The quantitative estimate of drug-likeness (QED) is 0.873. The van der Waals surface area contributed by atoms with Gasteiger partial charge in [0.25, 0.3) is 0 Å². The van der Waals surface area contributed by atoms with E-state index in [2.05, 4.69) is 10.6 Å². The van der Waals surface area contributed by atoms with Crippen molar-refractivity contribution in [3.63, 3.8) is 0 Å². The molecule has 5 heteroatoms. The highest BCUT2D eigenvalue weighted by molar-refractivity contribution is 5.76. The van der Waals surface area contributed by atoms with Gasteiger partial charge < -0.3 is 15.4 Å². The molecule has 0 aromatic heterocycles. The first kappa shape index (κ1) is 13.8. The van der Waals surface area contributed by atoms with Gasteiger partial charge in [-0.1, -0.05) is 6.07 Å². The third-order valence-electron chi connectivity index (χ3n) is 3.43. The van der Waals surface area contributed by atoms with Crippen LogP contribution in [0.4, 0.5) is 4.39 Å². The van der Waals surface area contributed by atoms with E-state index in [-0.39, 0.29) is 29.6 Å². The van der Waals surface area contributed by atoms with Gasteiger partial charge >= 0.3 is 0 Å². The van der Waals surface area contributed by atoms with Crippen molar-refractivity contribution in [3.8, 4) is 5.75 Å². The average Bonchev–Trinajstić information content (AvgIpc) is 2.41. The van der Waals surface area contributed by atoms with E-state index in [1.54, 1.807) is 6.07 Å². The minimum atomic E-state index is -0.356. The smallest absolute Gasteiger partial charge is 0.220 e. The Hall–Kier alpha value is -1.62. The highest BCUT2D eigenvalue weighted by atomic mass is 19.1. The molecular formula is C14H19FN2O2. The summed E-state index contributed by atoms with van der Waals surface area (Å²) >= 11 is 0. The average molecular weight is 266 g/mol. The molecule has 1 fully saturated rings. The van der Waals surface area contributed by atoms with Gasteiger partial charge in [-0.05, 0) is 31.0 Å². The first-order chi connectivity index (χ1) is 9.10. The maximum atomic E-state index is 13.6. The van der Waals surface area contributed by atoms with E-state index >= 15 is 0 Å². The van der Waals surface area contributed by atoms with Crippen LogP contribution in [-0.2, 0) is 4.79 Å². The molecule has 0 aliphatic carbocycles. The lowest BCUT2D eigenvalue weighted by Gasteiger charge is -2.27. The lowest BCUT2D eigenvalue weighted by atomic mass is 10.0. The number of benzene rings is 1. The molecule has 2 unspecified atom stereocenters. The lowest BCUT2D eigenvalue weighted by Crippen LogP contribution is -2.46. The summed E-state index contributed by atoms with van der Waals surface area (Å²) < 4.78 is 18.5. The molecular weight excluding hydrogens is 247 g/mol. The van der Waals surface area contributed by atoms with E-state index in [1.165, 1.54) is 13.2 Å². The van der Waals surface area contributed by atoms with Crippen LogP contribution >= 0.6 is 0 Å². The van der Waals surface area contributed by atoms with Crippen molar-refractivity contribution in [1.82, 2.24) is 10.6 Å². The molecule has 1 aliphatic rings. The standard InChI is InChI=1S/C14H19FN2O2/c1-9(17-11-4-6-14(18)16-8-11)10-3-5-13(19-2)12(15)7-10/h3,5,7,9,11,17H,4,6,8H2,1-2H3,(H,16,18). The van der Waals surface area contributed by atoms with Gasteiger partial charge in [-0.25, -0.2) is 4.39 Å². The zero-order chi connectivity index (χ0) is 13.8. The summed E-state index contributed by atoms with van der Waals surface area (Å²) in [5.74, 6) is -0.00679. The second-order valence-corrected chi connectivity index (χ2v) is 4.82. The maximum absolute atomic E-state index is 13.6. The number of piperidine rings is 1. The number of amides is 1. The van der Waals surface area contributed by atoms with Crippen molar-refractivity contribution in [3.05, 3.63) is 29.6 Å². The van der Waals surface area contributed by atoms with Gasteiger partial charge in [0.1, 0.15) is 0 Å². The summed E-state index contributed by atoms with van der Waals surface area (Å²) in [6.45, 7) is 2.61. The summed E-state index contributed by atoms with van der Waals surface area (Å²) in [7, 11) is 1.45. The predicted octanol–water partition coefficient (Wildman–Crippen LogP) is 1.76. The molecule has 1 amide bonds. The van der Waals surface area contributed by atoms with Gasteiger partial charge in [0.15, 0.2) is 11.6 Å². The minimum Gasteiger partial charge on any atom is -0.494 e. The van der Waals surface area contributed by atoms with Crippen molar-refractivity contribution in [2.45, 2.75) is 31.8 Å². The van der Waals surface area contributed by atoms with E-state index in [0.29, 0.717) is 13.0 Å². The zero-order valence-corrected chi connectivity index (χ0v) is 11.2. The van der Waals surface area contributed by atoms with E-state index in [9.17, 15) is 9.18 Å². The Labute approximate surface area is 112 Å². The maximum Gasteiger partial charge on any atom is 0.220 e.